The van der Waals surface area contributed by atoms with Crippen molar-refractivity contribution in [3.8, 4) is 0 Å². The number of nitro groups is 1. The molecule has 3 aromatic rings. The number of fused-ring (bicyclic) bond motifs is 3. The summed E-state index contributed by atoms with van der Waals surface area (Å²) in [6, 6.07) is 8.41. The quantitative estimate of drug-likeness (QED) is 0.480. The third kappa shape index (κ3) is 3.75. The normalized spacial score (nSPS) is 19.8. The molecule has 1 saturated heterocycles. The lowest BCUT2D eigenvalue weighted by Crippen LogP contribution is -2.61. The molecule has 2 atom stereocenters. The summed E-state index contributed by atoms with van der Waals surface area (Å²) in [7, 11) is 0. The van der Waals surface area contributed by atoms with Gasteiger partial charge in [0, 0.05) is 49.8 Å². The predicted molar refractivity (Wildman–Crippen MR) is 116 cm³/mol. The van der Waals surface area contributed by atoms with Gasteiger partial charge in [-0.2, -0.15) is 0 Å². The minimum Gasteiger partial charge on any atom is -0.467 e. The number of piperazine rings is 1. The zero-order valence-corrected chi connectivity index (χ0v) is 17.3. The Morgan fingerprint density at radius 1 is 1.28 bits per heavy atom. The smallest absolute Gasteiger partial charge is 0.269 e. The Kier molecular flexibility index (Phi) is 5.18. The van der Waals surface area contributed by atoms with E-state index in [4.69, 9.17) is 4.42 Å². The van der Waals surface area contributed by atoms with Gasteiger partial charge < -0.3 is 19.5 Å². The number of hydrogen-bond donors (Lipinski definition) is 1. The number of carbonyl (C=O) groups is 1. The first-order chi connectivity index (χ1) is 15.6. The van der Waals surface area contributed by atoms with Crippen LogP contribution in [0.5, 0.6) is 0 Å². The molecule has 2 aliphatic rings. The topological polar surface area (TPSA) is 118 Å². The fraction of sp³-hybridized carbons (Fsp3) is 0.318. The van der Waals surface area contributed by atoms with Crippen molar-refractivity contribution in [1.29, 1.82) is 0 Å². The van der Waals surface area contributed by atoms with Crippen molar-refractivity contribution in [2.24, 2.45) is 5.92 Å². The maximum absolute atomic E-state index is 13.3. The van der Waals surface area contributed by atoms with Crippen LogP contribution in [-0.4, -0.2) is 46.5 Å². The Hall–Kier alpha value is -3.95. The third-order valence-corrected chi connectivity index (χ3v) is 6.13. The zero-order valence-electron chi connectivity index (χ0n) is 17.3. The Morgan fingerprint density at radius 2 is 2.19 bits per heavy atom. The van der Waals surface area contributed by atoms with Gasteiger partial charge in [0.2, 0.25) is 5.91 Å². The summed E-state index contributed by atoms with van der Waals surface area (Å²) in [5.41, 5.74) is 1.81. The first kappa shape index (κ1) is 20.0. The number of nitrogens with zero attached hydrogens (tertiary/aromatic N) is 5. The predicted octanol–water partition coefficient (Wildman–Crippen LogP) is 2.16. The molecule has 2 unspecified atom stereocenters. The lowest BCUT2D eigenvalue weighted by molar-refractivity contribution is -0.384. The number of amides is 1. The van der Waals surface area contributed by atoms with E-state index in [1.807, 2.05) is 6.07 Å². The first-order valence-electron chi connectivity index (χ1n) is 10.4. The average molecular weight is 434 g/mol. The molecule has 5 rings (SSSR count). The van der Waals surface area contributed by atoms with E-state index in [0.29, 0.717) is 38.4 Å². The minimum atomic E-state index is -0.398. The fourth-order valence-corrected chi connectivity index (χ4v) is 4.60. The van der Waals surface area contributed by atoms with Crippen molar-refractivity contribution >= 4 is 23.1 Å². The SMILES string of the molecule is O=C(NCc1ccco1)C1Cc2cc([N+](=O)[O-])ccc2N2CCN(c3cnccn3)CC12. The van der Waals surface area contributed by atoms with Gasteiger partial charge in [-0.3, -0.25) is 19.9 Å². The molecule has 32 heavy (non-hydrogen) atoms. The van der Waals surface area contributed by atoms with Gasteiger partial charge in [0.1, 0.15) is 11.6 Å². The average Bonchev–Trinajstić information content (AvgIpc) is 3.35. The Morgan fingerprint density at radius 3 is 2.94 bits per heavy atom. The number of hydrogen-bond acceptors (Lipinski definition) is 8. The second-order valence-electron chi connectivity index (χ2n) is 7.95. The molecule has 2 aliphatic heterocycles. The largest absolute Gasteiger partial charge is 0.467 e. The monoisotopic (exact) mass is 434 g/mol. The van der Waals surface area contributed by atoms with Crippen molar-refractivity contribution < 1.29 is 14.1 Å². The van der Waals surface area contributed by atoms with Gasteiger partial charge >= 0.3 is 0 Å². The number of benzene rings is 1. The van der Waals surface area contributed by atoms with Crippen LogP contribution in [0.25, 0.3) is 0 Å². The van der Waals surface area contributed by atoms with E-state index in [2.05, 4.69) is 25.1 Å². The molecule has 10 heteroatoms. The van der Waals surface area contributed by atoms with Crippen LogP contribution in [0, 0.1) is 16.0 Å². The number of aromatic nitrogens is 2. The number of furan rings is 1. The molecule has 0 spiro atoms. The highest BCUT2D eigenvalue weighted by atomic mass is 16.6. The highest BCUT2D eigenvalue weighted by Gasteiger charge is 2.42. The molecule has 1 N–H and O–H groups in total. The lowest BCUT2D eigenvalue weighted by atomic mass is 9.83. The van der Waals surface area contributed by atoms with Gasteiger partial charge in [-0.1, -0.05) is 0 Å². The summed E-state index contributed by atoms with van der Waals surface area (Å²) in [4.78, 5) is 37.1. The second kappa shape index (κ2) is 8.29. The molecule has 164 valence electrons. The van der Waals surface area contributed by atoms with Gasteiger partial charge in [-0.05, 0) is 30.2 Å². The molecule has 0 saturated carbocycles. The summed E-state index contributed by atoms with van der Waals surface area (Å²) < 4.78 is 5.33. The molecule has 1 fully saturated rings. The standard InChI is InChI=1S/C22H22N6O4/c29-22(25-12-17-2-1-9-32-17)18-11-15-10-16(28(30)31)3-4-19(15)27-8-7-26(14-20(18)27)21-13-23-5-6-24-21/h1-6,9-10,13,18,20H,7-8,11-12,14H2,(H,25,29). The van der Waals surface area contributed by atoms with Crippen LogP contribution in [0.15, 0.2) is 59.6 Å². The number of nitrogens with one attached hydrogen (secondary N) is 1. The zero-order chi connectivity index (χ0) is 22.1. The second-order valence-corrected chi connectivity index (χ2v) is 7.95. The van der Waals surface area contributed by atoms with E-state index < -0.39 is 4.92 Å². The van der Waals surface area contributed by atoms with Crippen LogP contribution in [-0.2, 0) is 17.8 Å². The number of carbonyl (C=O) groups excluding carboxylic acids is 1. The van der Waals surface area contributed by atoms with E-state index >= 15 is 0 Å². The van der Waals surface area contributed by atoms with Crippen molar-refractivity contribution in [3.63, 3.8) is 0 Å². The minimum absolute atomic E-state index is 0.0372. The van der Waals surface area contributed by atoms with E-state index in [0.717, 1.165) is 17.1 Å². The van der Waals surface area contributed by atoms with Crippen molar-refractivity contribution in [3.05, 3.63) is 76.6 Å². The van der Waals surface area contributed by atoms with E-state index in [-0.39, 0.29) is 23.6 Å². The number of non-ortho nitro benzene ring substituents is 1. The van der Waals surface area contributed by atoms with E-state index in [9.17, 15) is 14.9 Å². The van der Waals surface area contributed by atoms with Crippen molar-refractivity contribution in [2.45, 2.75) is 19.0 Å². The van der Waals surface area contributed by atoms with Crippen molar-refractivity contribution in [1.82, 2.24) is 15.3 Å². The Bertz CT molecular complexity index is 1120. The maximum atomic E-state index is 13.3. The van der Waals surface area contributed by atoms with Crippen molar-refractivity contribution in [2.75, 3.05) is 29.4 Å². The third-order valence-electron chi connectivity index (χ3n) is 6.13. The van der Waals surface area contributed by atoms with E-state index in [1.165, 1.54) is 6.07 Å². The molecule has 0 aliphatic carbocycles. The van der Waals surface area contributed by atoms with Gasteiger partial charge in [0.15, 0.2) is 0 Å². The molecule has 1 aromatic carbocycles. The Labute approximate surface area is 184 Å². The molecule has 4 heterocycles. The lowest BCUT2D eigenvalue weighted by Gasteiger charge is -2.49. The van der Waals surface area contributed by atoms with Gasteiger partial charge in [-0.25, -0.2) is 4.98 Å². The highest BCUT2D eigenvalue weighted by molar-refractivity contribution is 5.82. The molecule has 10 nitrogen and oxygen atoms in total. The Balaban J connectivity index is 1.44. The number of nitro benzene ring substituents is 1. The van der Waals surface area contributed by atoms with Crippen LogP contribution in [0.1, 0.15) is 11.3 Å². The summed E-state index contributed by atoms with van der Waals surface area (Å²) >= 11 is 0. The van der Waals surface area contributed by atoms with Crippen LogP contribution in [0.3, 0.4) is 0 Å². The van der Waals surface area contributed by atoms with Crippen LogP contribution < -0.4 is 15.1 Å². The van der Waals surface area contributed by atoms with Crippen LogP contribution >= 0.6 is 0 Å². The first-order valence-corrected chi connectivity index (χ1v) is 10.4. The summed E-state index contributed by atoms with van der Waals surface area (Å²) in [5.74, 6) is 0.969. The summed E-state index contributed by atoms with van der Waals surface area (Å²) in [6.45, 7) is 2.29. The fourth-order valence-electron chi connectivity index (χ4n) is 4.60. The number of rotatable bonds is 5. The van der Waals surface area contributed by atoms with E-state index in [1.54, 1.807) is 43.1 Å². The molecular weight excluding hydrogens is 412 g/mol. The molecule has 2 aromatic heterocycles. The van der Waals surface area contributed by atoms with Crippen LogP contribution in [0.2, 0.25) is 0 Å². The summed E-state index contributed by atoms with van der Waals surface area (Å²) in [5, 5.41) is 14.3. The molecule has 0 bridgehead atoms. The highest BCUT2D eigenvalue weighted by Crippen LogP contribution is 2.38. The van der Waals surface area contributed by atoms with Gasteiger partial charge in [0.25, 0.3) is 5.69 Å². The summed E-state index contributed by atoms with van der Waals surface area (Å²) in [6.07, 6.45) is 7.01. The number of anilines is 2. The van der Waals surface area contributed by atoms with Gasteiger partial charge in [-0.15, -0.1) is 0 Å². The molecule has 0 radical (unpaired) electrons. The van der Waals surface area contributed by atoms with Gasteiger partial charge in [0.05, 0.1) is 35.9 Å². The molecular formula is C22H22N6O4. The van der Waals surface area contributed by atoms with Crippen LogP contribution in [0.4, 0.5) is 17.2 Å². The maximum Gasteiger partial charge on any atom is 0.269 e. The molecule has 1 amide bonds.